The van der Waals surface area contributed by atoms with Crippen molar-refractivity contribution in [1.29, 1.82) is 0 Å². The molecule has 1 aromatic heterocycles. The summed E-state index contributed by atoms with van der Waals surface area (Å²) in [6, 6.07) is 0.116. The summed E-state index contributed by atoms with van der Waals surface area (Å²) in [7, 11) is 0. The highest BCUT2D eigenvalue weighted by molar-refractivity contribution is 7.80. The predicted octanol–water partition coefficient (Wildman–Crippen LogP) is 1.46. The van der Waals surface area contributed by atoms with E-state index in [1.807, 2.05) is 20.8 Å². The molecule has 1 rings (SSSR count). The van der Waals surface area contributed by atoms with Crippen molar-refractivity contribution in [2.24, 2.45) is 0 Å². The van der Waals surface area contributed by atoms with Crippen molar-refractivity contribution in [3.05, 3.63) is 30.2 Å². The topological polar surface area (TPSA) is 61.9 Å². The Kier molecular flexibility index (Phi) is 4.84. The molecular formula is C11H17N5S. The van der Waals surface area contributed by atoms with Crippen LogP contribution in [0.5, 0.6) is 0 Å². The number of nitrogens with zero attached hydrogens (tertiary/aromatic N) is 2. The van der Waals surface area contributed by atoms with Gasteiger partial charge in [0.15, 0.2) is 10.9 Å². The van der Waals surface area contributed by atoms with Crippen molar-refractivity contribution in [3.63, 3.8) is 0 Å². The maximum absolute atomic E-state index is 5.10. The highest BCUT2D eigenvalue weighted by atomic mass is 32.1. The first-order chi connectivity index (χ1) is 8.02. The average Bonchev–Trinajstić information content (AvgIpc) is 2.30. The molecule has 6 heteroatoms. The lowest BCUT2D eigenvalue weighted by molar-refractivity contribution is 0.791. The van der Waals surface area contributed by atoms with Gasteiger partial charge >= 0.3 is 0 Å². The van der Waals surface area contributed by atoms with E-state index in [1.54, 1.807) is 12.3 Å². The van der Waals surface area contributed by atoms with E-state index >= 15 is 0 Å². The first-order valence-corrected chi connectivity index (χ1v) is 5.69. The SMILES string of the molecule is C=CC(C)NC(=S)NNc1nc(C)ncc1C. The molecule has 1 unspecified atom stereocenters. The molecule has 5 nitrogen and oxygen atoms in total. The third kappa shape index (κ3) is 4.36. The van der Waals surface area contributed by atoms with Crippen LogP contribution < -0.4 is 16.2 Å². The molecule has 0 aliphatic heterocycles. The van der Waals surface area contributed by atoms with Gasteiger partial charge in [0.1, 0.15) is 5.82 Å². The molecule has 3 N–H and O–H groups in total. The fourth-order valence-corrected chi connectivity index (χ4v) is 1.31. The molecule has 0 aliphatic rings. The zero-order valence-corrected chi connectivity index (χ0v) is 11.1. The molecule has 0 aliphatic carbocycles. The summed E-state index contributed by atoms with van der Waals surface area (Å²) < 4.78 is 0. The summed E-state index contributed by atoms with van der Waals surface area (Å²) in [4.78, 5) is 8.34. The molecule has 0 radical (unpaired) electrons. The lowest BCUT2D eigenvalue weighted by Gasteiger charge is -2.15. The van der Waals surface area contributed by atoms with E-state index < -0.39 is 0 Å². The van der Waals surface area contributed by atoms with Crippen LogP contribution in [0.2, 0.25) is 0 Å². The number of hydrogen-bond donors (Lipinski definition) is 3. The summed E-state index contributed by atoms with van der Waals surface area (Å²) in [5.41, 5.74) is 6.76. The minimum atomic E-state index is 0.116. The van der Waals surface area contributed by atoms with E-state index in [9.17, 15) is 0 Å². The number of aryl methyl sites for hydroxylation is 2. The van der Waals surface area contributed by atoms with Crippen molar-refractivity contribution in [2.45, 2.75) is 26.8 Å². The van der Waals surface area contributed by atoms with Crippen molar-refractivity contribution in [3.8, 4) is 0 Å². The van der Waals surface area contributed by atoms with E-state index in [0.29, 0.717) is 16.8 Å². The second-order valence-electron chi connectivity index (χ2n) is 3.70. The van der Waals surface area contributed by atoms with Crippen LogP contribution in [-0.4, -0.2) is 21.1 Å². The lowest BCUT2D eigenvalue weighted by Crippen LogP contribution is -2.42. The summed E-state index contributed by atoms with van der Waals surface area (Å²) in [5.74, 6) is 1.42. The Morgan fingerprint density at radius 2 is 2.24 bits per heavy atom. The number of aromatic nitrogens is 2. The fraction of sp³-hybridized carbons (Fsp3) is 0.364. The molecular weight excluding hydrogens is 234 g/mol. The second kappa shape index (κ2) is 6.15. The number of hydrogen-bond acceptors (Lipinski definition) is 4. The highest BCUT2D eigenvalue weighted by Gasteiger charge is 2.02. The maximum Gasteiger partial charge on any atom is 0.185 e. The van der Waals surface area contributed by atoms with Crippen LogP contribution in [0.4, 0.5) is 5.82 Å². The van der Waals surface area contributed by atoms with Gasteiger partial charge in [-0.1, -0.05) is 6.08 Å². The largest absolute Gasteiger partial charge is 0.355 e. The van der Waals surface area contributed by atoms with Crippen LogP contribution in [0.25, 0.3) is 0 Å². The minimum absolute atomic E-state index is 0.116. The third-order valence-electron chi connectivity index (χ3n) is 2.10. The number of hydrazine groups is 1. The maximum atomic E-state index is 5.10. The molecule has 0 spiro atoms. The Bertz CT molecular complexity index is 418. The molecule has 1 atom stereocenters. The van der Waals surface area contributed by atoms with Crippen LogP contribution >= 0.6 is 12.2 Å². The van der Waals surface area contributed by atoms with Gasteiger partial charge in [0.05, 0.1) is 0 Å². The summed E-state index contributed by atoms with van der Waals surface area (Å²) in [6.45, 7) is 9.38. The summed E-state index contributed by atoms with van der Waals surface area (Å²) in [5, 5.41) is 3.52. The van der Waals surface area contributed by atoms with Crippen LogP contribution in [0.3, 0.4) is 0 Å². The van der Waals surface area contributed by atoms with Gasteiger partial charge in [-0.2, -0.15) is 0 Å². The van der Waals surface area contributed by atoms with Crippen LogP contribution in [0.1, 0.15) is 18.3 Å². The van der Waals surface area contributed by atoms with Gasteiger partial charge < -0.3 is 5.32 Å². The Labute approximate surface area is 107 Å². The van der Waals surface area contributed by atoms with Crippen LogP contribution in [-0.2, 0) is 0 Å². The van der Waals surface area contributed by atoms with E-state index in [1.165, 1.54) is 0 Å². The summed E-state index contributed by atoms with van der Waals surface area (Å²) >= 11 is 5.10. The fourth-order valence-electron chi connectivity index (χ4n) is 1.07. The lowest BCUT2D eigenvalue weighted by atomic mass is 10.3. The zero-order chi connectivity index (χ0) is 12.8. The predicted molar refractivity (Wildman–Crippen MR) is 73.7 cm³/mol. The first-order valence-electron chi connectivity index (χ1n) is 5.28. The monoisotopic (exact) mass is 251 g/mol. The highest BCUT2D eigenvalue weighted by Crippen LogP contribution is 2.07. The molecule has 92 valence electrons. The number of thiocarbonyl (C=S) groups is 1. The Hall–Kier alpha value is -1.69. The third-order valence-corrected chi connectivity index (χ3v) is 2.32. The standard InChI is InChI=1S/C11H17N5S/c1-5-8(3)13-11(17)16-15-10-7(2)6-12-9(4)14-10/h5-6,8H,1H2,2-4H3,(H,12,14,15)(H2,13,16,17). The van der Waals surface area contributed by atoms with E-state index in [4.69, 9.17) is 12.2 Å². The molecule has 0 amide bonds. The number of anilines is 1. The van der Waals surface area contributed by atoms with Gasteiger partial charge in [0.25, 0.3) is 0 Å². The van der Waals surface area contributed by atoms with E-state index in [2.05, 4.69) is 32.7 Å². The van der Waals surface area contributed by atoms with Crippen molar-refractivity contribution < 1.29 is 0 Å². The number of rotatable bonds is 4. The van der Waals surface area contributed by atoms with Crippen LogP contribution in [0, 0.1) is 13.8 Å². The summed E-state index contributed by atoms with van der Waals surface area (Å²) in [6.07, 6.45) is 3.53. The van der Waals surface area contributed by atoms with Crippen molar-refractivity contribution in [1.82, 2.24) is 20.7 Å². The van der Waals surface area contributed by atoms with Gasteiger partial charge in [-0.25, -0.2) is 9.97 Å². The molecule has 0 saturated heterocycles. The first kappa shape index (κ1) is 13.4. The number of nitrogens with one attached hydrogen (secondary N) is 3. The van der Waals surface area contributed by atoms with E-state index in [-0.39, 0.29) is 6.04 Å². The van der Waals surface area contributed by atoms with Gasteiger partial charge in [-0.3, -0.25) is 10.9 Å². The molecule has 0 aromatic carbocycles. The normalized spacial score (nSPS) is 11.5. The Morgan fingerprint density at radius 3 is 2.88 bits per heavy atom. The molecule has 0 bridgehead atoms. The van der Waals surface area contributed by atoms with Gasteiger partial charge in [-0.05, 0) is 33.0 Å². The quantitative estimate of drug-likeness (QED) is 0.428. The van der Waals surface area contributed by atoms with Gasteiger partial charge in [-0.15, -0.1) is 6.58 Å². The van der Waals surface area contributed by atoms with Gasteiger partial charge in [0.2, 0.25) is 0 Å². The molecule has 0 fully saturated rings. The van der Waals surface area contributed by atoms with Gasteiger partial charge in [0, 0.05) is 17.8 Å². The average molecular weight is 251 g/mol. The molecule has 17 heavy (non-hydrogen) atoms. The minimum Gasteiger partial charge on any atom is -0.355 e. The zero-order valence-electron chi connectivity index (χ0n) is 10.2. The molecule has 1 aromatic rings. The Morgan fingerprint density at radius 1 is 1.53 bits per heavy atom. The van der Waals surface area contributed by atoms with Crippen molar-refractivity contribution >= 4 is 23.1 Å². The van der Waals surface area contributed by atoms with Crippen molar-refractivity contribution in [2.75, 3.05) is 5.43 Å². The molecule has 1 heterocycles. The molecule has 0 saturated carbocycles. The Balaban J connectivity index is 2.52. The van der Waals surface area contributed by atoms with E-state index in [0.717, 1.165) is 5.56 Å². The smallest absolute Gasteiger partial charge is 0.185 e. The second-order valence-corrected chi connectivity index (χ2v) is 4.10. The van der Waals surface area contributed by atoms with Crippen LogP contribution in [0.15, 0.2) is 18.9 Å².